The summed E-state index contributed by atoms with van der Waals surface area (Å²) in [7, 11) is 3.20. The number of aliphatic hydroxyl groups is 1. The number of aromatic nitrogens is 2. The number of rotatable bonds is 4. The molecule has 2 heterocycles. The van der Waals surface area contributed by atoms with Crippen molar-refractivity contribution in [3.8, 4) is 5.88 Å². The van der Waals surface area contributed by atoms with Crippen LogP contribution in [0.3, 0.4) is 0 Å². The summed E-state index contributed by atoms with van der Waals surface area (Å²) in [6, 6.07) is 1.81. The van der Waals surface area contributed by atoms with Gasteiger partial charge in [0.25, 0.3) is 0 Å². The topological polar surface area (TPSA) is 67.7 Å². The summed E-state index contributed by atoms with van der Waals surface area (Å²) in [6.45, 7) is 1.85. The van der Waals surface area contributed by atoms with Crippen LogP contribution in [0, 0.1) is 5.41 Å². The molecular formula is C13H19N3O3. The largest absolute Gasteiger partial charge is 0.481 e. The summed E-state index contributed by atoms with van der Waals surface area (Å²) in [5.41, 5.74) is 0.111. The van der Waals surface area contributed by atoms with Gasteiger partial charge in [-0.3, -0.25) is 0 Å². The molecule has 1 aromatic heterocycles. The zero-order chi connectivity index (χ0) is 13.5. The lowest BCUT2D eigenvalue weighted by molar-refractivity contribution is 0.136. The van der Waals surface area contributed by atoms with E-state index in [1.54, 1.807) is 14.2 Å². The van der Waals surface area contributed by atoms with E-state index >= 15 is 0 Å². The Hall–Kier alpha value is -1.40. The molecule has 0 amide bonds. The van der Waals surface area contributed by atoms with Crippen LogP contribution in [0.2, 0.25) is 0 Å². The Morgan fingerprint density at radius 3 is 2.79 bits per heavy atom. The summed E-state index contributed by atoms with van der Waals surface area (Å²) in [5.74, 6) is 1.94. The highest BCUT2D eigenvalue weighted by molar-refractivity contribution is 5.45. The van der Waals surface area contributed by atoms with Crippen molar-refractivity contribution in [1.82, 2.24) is 9.97 Å². The molecule has 1 N–H and O–H groups in total. The highest BCUT2D eigenvalue weighted by Gasteiger charge is 2.54. The molecule has 104 valence electrons. The summed E-state index contributed by atoms with van der Waals surface area (Å²) in [4.78, 5) is 10.8. The second kappa shape index (κ2) is 4.61. The van der Waals surface area contributed by atoms with E-state index in [1.165, 1.54) is 0 Å². The highest BCUT2D eigenvalue weighted by Crippen LogP contribution is 2.53. The number of ether oxygens (including phenoxy) is 2. The third-order valence-corrected chi connectivity index (χ3v) is 4.04. The molecule has 1 aliphatic carbocycles. The van der Waals surface area contributed by atoms with E-state index in [0.717, 1.165) is 25.2 Å². The van der Waals surface area contributed by atoms with E-state index < -0.39 is 0 Å². The number of nitrogens with zero attached hydrogens (tertiary/aromatic N) is 3. The van der Waals surface area contributed by atoms with Crippen LogP contribution in [0.4, 0.5) is 5.82 Å². The molecule has 1 aliphatic heterocycles. The Morgan fingerprint density at radius 2 is 2.21 bits per heavy atom. The van der Waals surface area contributed by atoms with Gasteiger partial charge in [-0.05, 0) is 12.8 Å². The minimum Gasteiger partial charge on any atom is -0.481 e. The van der Waals surface area contributed by atoms with Gasteiger partial charge >= 0.3 is 0 Å². The van der Waals surface area contributed by atoms with Crippen molar-refractivity contribution in [3.05, 3.63) is 11.9 Å². The van der Waals surface area contributed by atoms with Crippen LogP contribution < -0.4 is 9.64 Å². The molecule has 0 bridgehead atoms. The van der Waals surface area contributed by atoms with Crippen LogP contribution >= 0.6 is 0 Å². The predicted octanol–water partition coefficient (Wildman–Crippen LogP) is 0.593. The van der Waals surface area contributed by atoms with E-state index in [2.05, 4.69) is 14.9 Å². The maximum absolute atomic E-state index is 10.1. The molecule has 19 heavy (non-hydrogen) atoms. The normalized spacial score (nSPS) is 23.9. The van der Waals surface area contributed by atoms with E-state index in [0.29, 0.717) is 24.9 Å². The van der Waals surface area contributed by atoms with Crippen molar-refractivity contribution in [1.29, 1.82) is 0 Å². The third kappa shape index (κ3) is 2.26. The van der Waals surface area contributed by atoms with Crippen LogP contribution in [0.15, 0.2) is 6.07 Å². The van der Waals surface area contributed by atoms with Crippen molar-refractivity contribution in [2.24, 2.45) is 5.41 Å². The van der Waals surface area contributed by atoms with Crippen molar-refractivity contribution >= 4 is 5.82 Å². The lowest BCUT2D eigenvalue weighted by Crippen LogP contribution is -2.23. The Kier molecular flexibility index (Phi) is 3.06. The smallest absolute Gasteiger partial charge is 0.218 e. The number of anilines is 1. The fourth-order valence-corrected chi connectivity index (χ4v) is 2.70. The molecule has 6 nitrogen and oxygen atoms in total. The molecule has 1 saturated heterocycles. The lowest BCUT2D eigenvalue weighted by atomic mass is 10.0. The van der Waals surface area contributed by atoms with Crippen LogP contribution in [-0.4, -0.2) is 48.5 Å². The first-order valence-corrected chi connectivity index (χ1v) is 6.51. The van der Waals surface area contributed by atoms with Gasteiger partial charge in [-0.2, -0.15) is 4.98 Å². The second-order valence-electron chi connectivity index (χ2n) is 5.38. The second-order valence-corrected chi connectivity index (χ2v) is 5.38. The highest BCUT2D eigenvalue weighted by atomic mass is 16.5. The average Bonchev–Trinajstić information content (AvgIpc) is 3.11. The summed E-state index contributed by atoms with van der Waals surface area (Å²) in [6.07, 6.45) is 1.97. The lowest BCUT2D eigenvalue weighted by Gasteiger charge is -2.18. The SMILES string of the molecule is COCc1nc(OC)cc(N2CC(O)C3(CC3)C2)n1. The van der Waals surface area contributed by atoms with Gasteiger partial charge in [-0.25, -0.2) is 4.98 Å². The molecule has 2 fully saturated rings. The molecule has 1 aromatic rings. The van der Waals surface area contributed by atoms with Crippen molar-refractivity contribution in [2.45, 2.75) is 25.6 Å². The van der Waals surface area contributed by atoms with E-state index in [9.17, 15) is 5.11 Å². The Labute approximate surface area is 112 Å². The quantitative estimate of drug-likeness (QED) is 0.859. The first-order chi connectivity index (χ1) is 9.16. The van der Waals surface area contributed by atoms with Gasteiger partial charge in [0.1, 0.15) is 12.4 Å². The summed E-state index contributed by atoms with van der Waals surface area (Å²) < 4.78 is 10.3. The zero-order valence-electron chi connectivity index (χ0n) is 11.3. The predicted molar refractivity (Wildman–Crippen MR) is 69.2 cm³/mol. The number of β-amino-alcohol motifs (C(OH)–C–C–N with tert-alkyl or cyclic N) is 1. The fraction of sp³-hybridized carbons (Fsp3) is 0.692. The van der Waals surface area contributed by atoms with Crippen LogP contribution in [0.5, 0.6) is 5.88 Å². The standard InChI is InChI=1S/C13H19N3O3/c1-18-7-10-14-11(5-12(15-10)19-2)16-6-9(17)13(8-16)3-4-13/h5,9,17H,3-4,6-8H2,1-2H3. The molecule has 1 spiro atoms. The fourth-order valence-electron chi connectivity index (χ4n) is 2.70. The third-order valence-electron chi connectivity index (χ3n) is 4.04. The van der Waals surface area contributed by atoms with Crippen molar-refractivity contribution in [2.75, 3.05) is 32.2 Å². The molecule has 1 atom stereocenters. The van der Waals surface area contributed by atoms with E-state index in [-0.39, 0.29) is 11.5 Å². The molecule has 1 saturated carbocycles. The monoisotopic (exact) mass is 265 g/mol. The van der Waals surface area contributed by atoms with Gasteiger partial charge in [-0.1, -0.05) is 0 Å². The Morgan fingerprint density at radius 1 is 1.42 bits per heavy atom. The number of hydrogen-bond donors (Lipinski definition) is 1. The molecule has 6 heteroatoms. The minimum atomic E-state index is -0.251. The first kappa shape index (κ1) is 12.6. The molecule has 2 aliphatic rings. The van der Waals surface area contributed by atoms with Crippen LogP contribution in [0.25, 0.3) is 0 Å². The zero-order valence-corrected chi connectivity index (χ0v) is 11.3. The van der Waals surface area contributed by atoms with Crippen LogP contribution in [-0.2, 0) is 11.3 Å². The Balaban J connectivity index is 1.85. The van der Waals surface area contributed by atoms with Gasteiger partial charge in [0, 0.05) is 31.7 Å². The average molecular weight is 265 g/mol. The van der Waals surface area contributed by atoms with Crippen LogP contribution in [0.1, 0.15) is 18.7 Å². The minimum absolute atomic E-state index is 0.111. The molecule has 0 aromatic carbocycles. The maximum Gasteiger partial charge on any atom is 0.218 e. The molecule has 1 unspecified atom stereocenters. The Bertz CT molecular complexity index is 476. The van der Waals surface area contributed by atoms with Gasteiger partial charge in [-0.15, -0.1) is 0 Å². The first-order valence-electron chi connectivity index (χ1n) is 6.51. The van der Waals surface area contributed by atoms with E-state index in [1.807, 2.05) is 6.07 Å². The van der Waals surface area contributed by atoms with Gasteiger partial charge in [0.15, 0.2) is 5.82 Å². The molecule has 3 rings (SSSR count). The summed E-state index contributed by atoms with van der Waals surface area (Å²) >= 11 is 0. The van der Waals surface area contributed by atoms with Gasteiger partial charge < -0.3 is 19.5 Å². The number of aliphatic hydroxyl groups excluding tert-OH is 1. The van der Waals surface area contributed by atoms with Gasteiger partial charge in [0.05, 0.1) is 13.2 Å². The maximum atomic E-state index is 10.1. The molecular weight excluding hydrogens is 246 g/mol. The van der Waals surface area contributed by atoms with Crippen molar-refractivity contribution in [3.63, 3.8) is 0 Å². The van der Waals surface area contributed by atoms with E-state index in [4.69, 9.17) is 9.47 Å². The van der Waals surface area contributed by atoms with Crippen molar-refractivity contribution < 1.29 is 14.6 Å². The summed E-state index contributed by atoms with van der Waals surface area (Å²) in [5, 5.41) is 10.1. The number of hydrogen-bond acceptors (Lipinski definition) is 6. The molecule has 0 radical (unpaired) electrons. The number of methoxy groups -OCH3 is 2. The van der Waals surface area contributed by atoms with Gasteiger partial charge in [0.2, 0.25) is 5.88 Å².